The predicted octanol–water partition coefficient (Wildman–Crippen LogP) is 3.41. The number of hydrogen-bond donors (Lipinski definition) is 1. The van der Waals surface area contributed by atoms with Crippen molar-refractivity contribution in [1.82, 2.24) is 4.90 Å². The van der Waals surface area contributed by atoms with Crippen molar-refractivity contribution in [1.29, 1.82) is 0 Å². The molecule has 2 rings (SSSR count). The average Bonchev–Trinajstić information content (AvgIpc) is 2.78. The Morgan fingerprint density at radius 2 is 1.92 bits per heavy atom. The molecule has 0 aliphatic carbocycles. The maximum atomic E-state index is 12.0. The standard InChI is InChI=1S/C18H24N2O4S/c1-12(21)25-15-9-16(22)20(11-15)10-13-5-7-14(8-6-13)19-17(23)24-18(2,3)4/h5-8,15H,9-11H2,1-4H3,(H,19,23). The lowest BCUT2D eigenvalue weighted by Crippen LogP contribution is -2.27. The molecule has 1 aromatic carbocycles. The van der Waals surface area contributed by atoms with Crippen LogP contribution in [0.5, 0.6) is 0 Å². The first kappa shape index (κ1) is 19.3. The van der Waals surface area contributed by atoms with Gasteiger partial charge in [-0.15, -0.1) is 0 Å². The van der Waals surface area contributed by atoms with Crippen LogP contribution >= 0.6 is 11.8 Å². The molecule has 1 heterocycles. The predicted molar refractivity (Wildman–Crippen MR) is 98.4 cm³/mol. The van der Waals surface area contributed by atoms with E-state index in [2.05, 4.69) is 5.32 Å². The summed E-state index contributed by atoms with van der Waals surface area (Å²) in [5, 5.41) is 2.75. The minimum absolute atomic E-state index is 0.0391. The summed E-state index contributed by atoms with van der Waals surface area (Å²) in [5.41, 5.74) is 1.06. The maximum Gasteiger partial charge on any atom is 0.412 e. The summed E-state index contributed by atoms with van der Waals surface area (Å²) >= 11 is 1.23. The highest BCUT2D eigenvalue weighted by molar-refractivity contribution is 8.14. The minimum Gasteiger partial charge on any atom is -0.444 e. The van der Waals surface area contributed by atoms with Crippen LogP contribution in [0, 0.1) is 0 Å². The van der Waals surface area contributed by atoms with E-state index in [9.17, 15) is 14.4 Å². The third kappa shape index (κ3) is 6.42. The molecule has 1 N–H and O–H groups in total. The quantitative estimate of drug-likeness (QED) is 0.886. The van der Waals surface area contributed by atoms with Crippen molar-refractivity contribution in [2.24, 2.45) is 0 Å². The van der Waals surface area contributed by atoms with Crippen molar-refractivity contribution < 1.29 is 19.1 Å². The van der Waals surface area contributed by atoms with Gasteiger partial charge in [0.2, 0.25) is 5.91 Å². The Morgan fingerprint density at radius 3 is 2.48 bits per heavy atom. The molecule has 2 amide bonds. The second-order valence-electron chi connectivity index (χ2n) is 7.03. The second kappa shape index (κ2) is 7.91. The van der Waals surface area contributed by atoms with Crippen molar-refractivity contribution in [2.45, 2.75) is 51.5 Å². The molecule has 7 heteroatoms. The van der Waals surface area contributed by atoms with Gasteiger partial charge in [-0.25, -0.2) is 4.79 Å². The van der Waals surface area contributed by atoms with E-state index in [0.29, 0.717) is 25.2 Å². The number of hydrogen-bond acceptors (Lipinski definition) is 5. The van der Waals surface area contributed by atoms with Crippen LogP contribution < -0.4 is 5.32 Å². The van der Waals surface area contributed by atoms with E-state index in [1.54, 1.807) is 37.8 Å². The highest BCUT2D eigenvalue weighted by Gasteiger charge is 2.30. The van der Waals surface area contributed by atoms with Crippen LogP contribution in [0.1, 0.15) is 39.7 Å². The minimum atomic E-state index is -0.547. The van der Waals surface area contributed by atoms with Crippen molar-refractivity contribution in [3.63, 3.8) is 0 Å². The number of nitrogens with zero attached hydrogens (tertiary/aromatic N) is 1. The summed E-state index contributed by atoms with van der Waals surface area (Å²) in [6.45, 7) is 8.02. The Hall–Kier alpha value is -2.02. The highest BCUT2D eigenvalue weighted by Crippen LogP contribution is 2.25. The number of anilines is 1. The molecule has 0 bridgehead atoms. The number of nitrogens with one attached hydrogen (secondary N) is 1. The Morgan fingerprint density at radius 1 is 1.28 bits per heavy atom. The molecular weight excluding hydrogens is 340 g/mol. The van der Waals surface area contributed by atoms with E-state index in [4.69, 9.17) is 4.74 Å². The lowest BCUT2D eigenvalue weighted by molar-refractivity contribution is -0.128. The number of likely N-dealkylation sites (tertiary alicyclic amines) is 1. The van der Waals surface area contributed by atoms with Gasteiger partial charge in [0, 0.05) is 37.4 Å². The van der Waals surface area contributed by atoms with Gasteiger partial charge >= 0.3 is 6.09 Å². The molecule has 6 nitrogen and oxygen atoms in total. The number of carbonyl (C=O) groups is 3. The molecule has 1 aliphatic rings. The zero-order chi connectivity index (χ0) is 18.6. The zero-order valence-electron chi connectivity index (χ0n) is 15.0. The molecule has 1 atom stereocenters. The molecule has 1 aliphatic heterocycles. The number of carbonyl (C=O) groups excluding carboxylic acids is 3. The van der Waals surface area contributed by atoms with Gasteiger partial charge in [-0.05, 0) is 38.5 Å². The van der Waals surface area contributed by atoms with E-state index in [1.807, 2.05) is 12.1 Å². The normalized spacial score (nSPS) is 17.5. The first-order chi connectivity index (χ1) is 11.6. The number of benzene rings is 1. The monoisotopic (exact) mass is 364 g/mol. The lowest BCUT2D eigenvalue weighted by Gasteiger charge is -2.20. The lowest BCUT2D eigenvalue weighted by atomic mass is 10.2. The first-order valence-electron chi connectivity index (χ1n) is 8.16. The third-order valence-electron chi connectivity index (χ3n) is 3.48. The SMILES string of the molecule is CC(=O)SC1CC(=O)N(Cc2ccc(NC(=O)OC(C)(C)C)cc2)C1. The van der Waals surface area contributed by atoms with Gasteiger partial charge in [-0.2, -0.15) is 0 Å². The number of rotatable bonds is 4. The van der Waals surface area contributed by atoms with E-state index >= 15 is 0 Å². The molecule has 1 unspecified atom stereocenters. The van der Waals surface area contributed by atoms with Crippen LogP contribution in [0.4, 0.5) is 10.5 Å². The second-order valence-corrected chi connectivity index (χ2v) is 8.51. The topological polar surface area (TPSA) is 75.7 Å². The van der Waals surface area contributed by atoms with Crippen LogP contribution in [0.25, 0.3) is 0 Å². The number of thioether (sulfide) groups is 1. The van der Waals surface area contributed by atoms with Crippen LogP contribution in [0.2, 0.25) is 0 Å². The Bertz CT molecular complexity index is 652. The summed E-state index contributed by atoms with van der Waals surface area (Å²) in [6.07, 6.45) is -0.0956. The Labute approximate surface area is 152 Å². The van der Waals surface area contributed by atoms with Crippen LogP contribution in [-0.2, 0) is 20.9 Å². The first-order valence-corrected chi connectivity index (χ1v) is 9.04. The van der Waals surface area contributed by atoms with Gasteiger partial charge < -0.3 is 9.64 Å². The molecule has 1 aromatic rings. The van der Waals surface area contributed by atoms with E-state index in [-0.39, 0.29) is 16.3 Å². The van der Waals surface area contributed by atoms with Gasteiger partial charge in [0.25, 0.3) is 0 Å². The largest absolute Gasteiger partial charge is 0.444 e. The van der Waals surface area contributed by atoms with Gasteiger partial charge in [0.05, 0.1) is 0 Å². The van der Waals surface area contributed by atoms with Crippen molar-refractivity contribution in [3.05, 3.63) is 29.8 Å². The fourth-order valence-electron chi connectivity index (χ4n) is 2.54. The summed E-state index contributed by atoms with van der Waals surface area (Å²) in [7, 11) is 0. The zero-order valence-corrected chi connectivity index (χ0v) is 15.8. The highest BCUT2D eigenvalue weighted by atomic mass is 32.2. The van der Waals surface area contributed by atoms with E-state index < -0.39 is 11.7 Å². The average molecular weight is 364 g/mol. The van der Waals surface area contributed by atoms with Gasteiger partial charge in [-0.1, -0.05) is 23.9 Å². The number of ether oxygens (including phenoxy) is 1. The van der Waals surface area contributed by atoms with Crippen molar-refractivity contribution in [2.75, 3.05) is 11.9 Å². The molecule has 0 saturated carbocycles. The molecule has 1 saturated heterocycles. The Balaban J connectivity index is 1.89. The smallest absolute Gasteiger partial charge is 0.412 e. The van der Waals surface area contributed by atoms with Gasteiger partial charge in [0.1, 0.15) is 5.60 Å². The summed E-state index contributed by atoms with van der Waals surface area (Å²) in [6, 6.07) is 7.29. The summed E-state index contributed by atoms with van der Waals surface area (Å²) < 4.78 is 5.20. The van der Waals surface area contributed by atoms with Gasteiger partial charge in [-0.3, -0.25) is 14.9 Å². The summed E-state index contributed by atoms with van der Waals surface area (Å²) in [4.78, 5) is 36.7. The van der Waals surface area contributed by atoms with Crippen molar-refractivity contribution in [3.8, 4) is 0 Å². The fourth-order valence-corrected chi connectivity index (χ4v) is 3.49. The molecule has 0 aromatic heterocycles. The summed E-state index contributed by atoms with van der Waals surface area (Å²) in [5.74, 6) is 0.0645. The van der Waals surface area contributed by atoms with Crippen LogP contribution in [0.3, 0.4) is 0 Å². The third-order valence-corrected chi connectivity index (χ3v) is 4.47. The molecule has 1 fully saturated rings. The Kier molecular flexibility index (Phi) is 6.11. The fraction of sp³-hybridized carbons (Fsp3) is 0.500. The van der Waals surface area contributed by atoms with E-state index in [0.717, 1.165) is 5.56 Å². The molecule has 0 radical (unpaired) electrons. The van der Waals surface area contributed by atoms with E-state index in [1.165, 1.54) is 18.7 Å². The van der Waals surface area contributed by atoms with Crippen LogP contribution in [-0.4, -0.2) is 39.4 Å². The maximum absolute atomic E-state index is 12.0. The molecule has 25 heavy (non-hydrogen) atoms. The molecular formula is C18H24N2O4S. The van der Waals surface area contributed by atoms with Crippen LogP contribution in [0.15, 0.2) is 24.3 Å². The van der Waals surface area contributed by atoms with Gasteiger partial charge in [0.15, 0.2) is 5.12 Å². The number of amides is 2. The molecule has 0 spiro atoms. The van der Waals surface area contributed by atoms with Crippen molar-refractivity contribution >= 4 is 34.6 Å². The molecule has 136 valence electrons.